The summed E-state index contributed by atoms with van der Waals surface area (Å²) < 4.78 is 5.92. The molecule has 1 heterocycles. The number of carbonyl (C=O) groups is 1. The fourth-order valence-corrected chi connectivity index (χ4v) is 3.20. The number of aromatic nitrogens is 1. The Kier molecular flexibility index (Phi) is 3.90. The third kappa shape index (κ3) is 2.79. The summed E-state index contributed by atoms with van der Waals surface area (Å²) in [5, 5.41) is 9.38. The van der Waals surface area contributed by atoms with E-state index in [9.17, 15) is 9.90 Å². The zero-order chi connectivity index (χ0) is 13.9. The van der Waals surface area contributed by atoms with Crippen molar-refractivity contribution < 1.29 is 14.6 Å². The van der Waals surface area contributed by atoms with Crippen molar-refractivity contribution >= 4 is 5.97 Å². The number of aromatic carboxylic acids is 1. The van der Waals surface area contributed by atoms with E-state index >= 15 is 0 Å². The van der Waals surface area contributed by atoms with Gasteiger partial charge in [-0.2, -0.15) is 0 Å². The van der Waals surface area contributed by atoms with Gasteiger partial charge in [-0.3, -0.25) is 0 Å². The number of fused-ring (bicyclic) bond motifs is 1. The summed E-state index contributed by atoms with van der Waals surface area (Å²) in [5.41, 5.74) is 2.35. The van der Waals surface area contributed by atoms with Gasteiger partial charge in [0, 0.05) is 5.69 Å². The first-order chi connectivity index (χ1) is 9.74. The number of ether oxygens (including phenoxy) is 1. The number of nitrogens with zero attached hydrogens (tertiary/aromatic N) is 1. The second-order valence-corrected chi connectivity index (χ2v) is 5.84. The van der Waals surface area contributed by atoms with Crippen LogP contribution in [-0.2, 0) is 12.8 Å². The summed E-state index contributed by atoms with van der Waals surface area (Å²) in [6.07, 6.45) is 9.87. The van der Waals surface area contributed by atoms with Crippen LogP contribution in [0.5, 0.6) is 5.88 Å². The summed E-state index contributed by atoms with van der Waals surface area (Å²) in [6, 6.07) is 1.78. The van der Waals surface area contributed by atoms with E-state index in [4.69, 9.17) is 4.74 Å². The fourth-order valence-electron chi connectivity index (χ4n) is 3.20. The highest BCUT2D eigenvalue weighted by Crippen LogP contribution is 2.29. The van der Waals surface area contributed by atoms with Gasteiger partial charge in [0.2, 0.25) is 5.88 Å². The minimum Gasteiger partial charge on any atom is -0.477 e. The van der Waals surface area contributed by atoms with Crippen molar-refractivity contribution in [3.63, 3.8) is 0 Å². The molecule has 0 spiro atoms. The van der Waals surface area contributed by atoms with Crippen LogP contribution in [-0.4, -0.2) is 22.2 Å². The maximum absolute atomic E-state index is 11.4. The Labute approximate surface area is 119 Å². The highest BCUT2D eigenvalue weighted by Gasteiger charge is 2.23. The topological polar surface area (TPSA) is 59.4 Å². The van der Waals surface area contributed by atoms with E-state index in [1.54, 1.807) is 6.07 Å². The predicted octanol–water partition coefficient (Wildman–Crippen LogP) is 3.37. The van der Waals surface area contributed by atoms with Gasteiger partial charge < -0.3 is 9.84 Å². The lowest BCUT2D eigenvalue weighted by molar-refractivity contribution is 0.0683. The second-order valence-electron chi connectivity index (χ2n) is 5.84. The molecule has 20 heavy (non-hydrogen) atoms. The number of pyridine rings is 1. The third-order valence-electron chi connectivity index (χ3n) is 4.33. The zero-order valence-electron chi connectivity index (χ0n) is 11.7. The normalized spacial score (nSPS) is 19.4. The third-order valence-corrected chi connectivity index (χ3v) is 4.33. The monoisotopic (exact) mass is 275 g/mol. The summed E-state index contributed by atoms with van der Waals surface area (Å²) in [4.78, 5) is 16.0. The Morgan fingerprint density at radius 2 is 1.90 bits per heavy atom. The van der Waals surface area contributed by atoms with E-state index in [1.165, 1.54) is 6.42 Å². The van der Waals surface area contributed by atoms with Gasteiger partial charge in [0.1, 0.15) is 11.7 Å². The number of aryl methyl sites for hydroxylation is 2. The van der Waals surface area contributed by atoms with Gasteiger partial charge in [-0.1, -0.05) is 6.42 Å². The van der Waals surface area contributed by atoms with E-state index in [0.29, 0.717) is 5.88 Å². The molecule has 0 atom stereocenters. The molecule has 2 aliphatic rings. The molecule has 0 radical (unpaired) electrons. The molecule has 0 aromatic carbocycles. The predicted molar refractivity (Wildman–Crippen MR) is 75.3 cm³/mol. The fraction of sp³-hybridized carbons (Fsp3) is 0.625. The molecule has 1 aromatic rings. The van der Waals surface area contributed by atoms with Crippen molar-refractivity contribution in [2.75, 3.05) is 0 Å². The maximum Gasteiger partial charge on any atom is 0.341 e. The first-order valence-electron chi connectivity index (χ1n) is 7.67. The van der Waals surface area contributed by atoms with Crippen LogP contribution in [0, 0.1) is 0 Å². The Morgan fingerprint density at radius 3 is 2.65 bits per heavy atom. The van der Waals surface area contributed by atoms with Crippen molar-refractivity contribution in [3.05, 3.63) is 22.9 Å². The van der Waals surface area contributed by atoms with Gasteiger partial charge in [-0.15, -0.1) is 0 Å². The Bertz CT molecular complexity index is 507. The molecule has 1 N–H and O–H groups in total. The summed E-state index contributed by atoms with van der Waals surface area (Å²) in [5.74, 6) is -0.596. The molecule has 2 aliphatic carbocycles. The van der Waals surface area contributed by atoms with Gasteiger partial charge in [0.25, 0.3) is 0 Å². The molecule has 0 amide bonds. The summed E-state index contributed by atoms with van der Waals surface area (Å²) >= 11 is 0. The number of hydrogen-bond acceptors (Lipinski definition) is 3. The summed E-state index contributed by atoms with van der Waals surface area (Å²) in [6.45, 7) is 0. The van der Waals surface area contributed by atoms with Crippen LogP contribution >= 0.6 is 0 Å². The minimum atomic E-state index is -0.934. The second kappa shape index (κ2) is 5.81. The Hall–Kier alpha value is -1.58. The van der Waals surface area contributed by atoms with Crippen LogP contribution < -0.4 is 4.74 Å². The van der Waals surface area contributed by atoms with Crippen molar-refractivity contribution in [1.29, 1.82) is 0 Å². The highest BCUT2D eigenvalue weighted by molar-refractivity contribution is 5.90. The smallest absolute Gasteiger partial charge is 0.341 e. The molecular weight excluding hydrogens is 254 g/mol. The van der Waals surface area contributed by atoms with E-state index in [2.05, 4.69) is 4.98 Å². The zero-order valence-corrected chi connectivity index (χ0v) is 11.7. The maximum atomic E-state index is 11.4. The van der Waals surface area contributed by atoms with Crippen LogP contribution in [0.1, 0.15) is 66.6 Å². The molecule has 4 heteroatoms. The van der Waals surface area contributed by atoms with Crippen LogP contribution in [0.4, 0.5) is 0 Å². The molecule has 0 bridgehead atoms. The van der Waals surface area contributed by atoms with E-state index in [-0.39, 0.29) is 11.7 Å². The molecule has 0 unspecified atom stereocenters. The van der Waals surface area contributed by atoms with Gasteiger partial charge in [-0.25, -0.2) is 9.78 Å². The summed E-state index contributed by atoms with van der Waals surface area (Å²) in [7, 11) is 0. The van der Waals surface area contributed by atoms with E-state index < -0.39 is 5.97 Å². The van der Waals surface area contributed by atoms with Crippen molar-refractivity contribution in [1.82, 2.24) is 4.98 Å². The van der Waals surface area contributed by atoms with Crippen molar-refractivity contribution in [3.8, 4) is 5.88 Å². The molecule has 108 valence electrons. The first kappa shape index (κ1) is 13.4. The molecule has 1 aromatic heterocycles. The standard InChI is InChI=1S/C16H21NO3/c18-16(19)13-10-11-6-4-5-9-14(11)17-15(13)20-12-7-2-1-3-8-12/h10,12H,1-9H2,(H,18,19). The quantitative estimate of drug-likeness (QED) is 0.918. The highest BCUT2D eigenvalue weighted by atomic mass is 16.5. The number of carboxylic acids is 1. The number of rotatable bonds is 3. The SMILES string of the molecule is O=C(O)c1cc2c(nc1OC1CCCCC1)CCCC2. The lowest BCUT2D eigenvalue weighted by atomic mass is 9.94. The van der Waals surface area contributed by atoms with Crippen LogP contribution in [0.2, 0.25) is 0 Å². The van der Waals surface area contributed by atoms with Crippen molar-refractivity contribution in [2.45, 2.75) is 63.9 Å². The van der Waals surface area contributed by atoms with E-state index in [1.807, 2.05) is 0 Å². The molecule has 0 aliphatic heterocycles. The Balaban J connectivity index is 1.88. The van der Waals surface area contributed by atoms with Gasteiger partial charge >= 0.3 is 5.97 Å². The first-order valence-corrected chi connectivity index (χ1v) is 7.67. The lowest BCUT2D eigenvalue weighted by Crippen LogP contribution is -2.22. The van der Waals surface area contributed by atoms with Crippen molar-refractivity contribution in [2.24, 2.45) is 0 Å². The molecule has 3 rings (SSSR count). The minimum absolute atomic E-state index is 0.135. The molecule has 4 nitrogen and oxygen atoms in total. The lowest BCUT2D eigenvalue weighted by Gasteiger charge is -2.24. The molecule has 1 fully saturated rings. The van der Waals surface area contributed by atoms with Crippen LogP contribution in [0.25, 0.3) is 0 Å². The van der Waals surface area contributed by atoms with Gasteiger partial charge in [0.05, 0.1) is 0 Å². The van der Waals surface area contributed by atoms with Gasteiger partial charge in [-0.05, 0) is 63.0 Å². The average Bonchev–Trinajstić information content (AvgIpc) is 2.47. The van der Waals surface area contributed by atoms with Gasteiger partial charge in [0.15, 0.2) is 0 Å². The molecule has 0 saturated heterocycles. The van der Waals surface area contributed by atoms with Crippen LogP contribution in [0.3, 0.4) is 0 Å². The largest absolute Gasteiger partial charge is 0.477 e. The Morgan fingerprint density at radius 1 is 1.15 bits per heavy atom. The number of hydrogen-bond donors (Lipinski definition) is 1. The molecule has 1 saturated carbocycles. The number of carboxylic acid groups (broad SMARTS) is 1. The molecular formula is C16H21NO3. The van der Waals surface area contributed by atoms with Crippen LogP contribution in [0.15, 0.2) is 6.07 Å². The average molecular weight is 275 g/mol. The van der Waals surface area contributed by atoms with E-state index in [0.717, 1.165) is 62.6 Å².